The van der Waals surface area contributed by atoms with Crippen molar-refractivity contribution in [2.75, 3.05) is 19.5 Å². The number of amides is 1. The van der Waals surface area contributed by atoms with E-state index in [0.29, 0.717) is 11.7 Å². The van der Waals surface area contributed by atoms with E-state index in [4.69, 9.17) is 15.2 Å². The number of benzene rings is 1. The zero-order valence-corrected chi connectivity index (χ0v) is 14.3. The number of hydrogen-bond acceptors (Lipinski definition) is 6. The monoisotopic (exact) mass is 348 g/mol. The summed E-state index contributed by atoms with van der Waals surface area (Å²) in [7, 11) is 1.63. The normalized spacial score (nSPS) is 17.1. The van der Waals surface area contributed by atoms with Crippen LogP contribution in [0.25, 0.3) is 11.4 Å². The molecule has 0 bridgehead atoms. The smallest absolute Gasteiger partial charge is 0.227 e. The average Bonchev–Trinajstić information content (AvgIpc) is 3.23. The third kappa shape index (κ3) is 3.88. The Hall–Kier alpha value is -2.06. The summed E-state index contributed by atoms with van der Waals surface area (Å²) in [6, 6.07) is 7.65. The van der Waals surface area contributed by atoms with Gasteiger partial charge < -0.3 is 15.2 Å². The van der Waals surface area contributed by atoms with Crippen LogP contribution in [0.15, 0.2) is 29.4 Å². The summed E-state index contributed by atoms with van der Waals surface area (Å²) in [5, 5.41) is 9.21. The Morgan fingerprint density at radius 1 is 1.42 bits per heavy atom. The minimum absolute atomic E-state index is 0.144. The van der Waals surface area contributed by atoms with E-state index in [1.165, 1.54) is 11.8 Å². The van der Waals surface area contributed by atoms with Gasteiger partial charge in [0.25, 0.3) is 0 Å². The minimum atomic E-state index is -0.377. The van der Waals surface area contributed by atoms with Crippen molar-refractivity contribution in [3.63, 3.8) is 0 Å². The topological polar surface area (TPSA) is 92.3 Å². The van der Waals surface area contributed by atoms with Gasteiger partial charge in [0.2, 0.25) is 5.91 Å². The molecule has 2 aromatic rings. The van der Waals surface area contributed by atoms with Crippen LogP contribution in [0, 0.1) is 0 Å². The first kappa shape index (κ1) is 16.8. The molecular formula is C16H20N4O3S. The first-order valence-corrected chi connectivity index (χ1v) is 8.76. The van der Waals surface area contributed by atoms with Crippen molar-refractivity contribution in [2.45, 2.75) is 30.6 Å². The maximum absolute atomic E-state index is 11.1. The van der Waals surface area contributed by atoms with Crippen LogP contribution in [0.4, 0.5) is 0 Å². The molecule has 3 rings (SSSR count). The highest BCUT2D eigenvalue weighted by Gasteiger charge is 2.22. The Bertz CT molecular complexity index is 696. The van der Waals surface area contributed by atoms with E-state index >= 15 is 0 Å². The first-order chi connectivity index (χ1) is 11.7. The Balaban J connectivity index is 1.89. The zero-order valence-electron chi connectivity index (χ0n) is 13.5. The molecule has 1 atom stereocenters. The number of carbonyl (C=O) groups is 1. The van der Waals surface area contributed by atoms with Gasteiger partial charge in [-0.05, 0) is 37.1 Å². The molecular weight excluding hydrogens is 328 g/mol. The Morgan fingerprint density at radius 2 is 2.21 bits per heavy atom. The molecule has 8 heteroatoms. The Labute approximate surface area is 144 Å². The fourth-order valence-corrected chi connectivity index (χ4v) is 3.33. The molecule has 1 aliphatic rings. The lowest BCUT2D eigenvalue weighted by atomic mass is 10.2. The highest BCUT2D eigenvalue weighted by atomic mass is 32.2. The average molecular weight is 348 g/mol. The predicted octanol–water partition coefficient (Wildman–Crippen LogP) is 1.71. The first-order valence-electron chi connectivity index (χ1n) is 7.77. The third-order valence-corrected chi connectivity index (χ3v) is 4.81. The summed E-state index contributed by atoms with van der Waals surface area (Å²) >= 11 is 1.30. The molecule has 0 aliphatic carbocycles. The molecule has 1 aliphatic heterocycles. The van der Waals surface area contributed by atoms with Crippen molar-refractivity contribution in [3.8, 4) is 17.1 Å². The summed E-state index contributed by atoms with van der Waals surface area (Å²) in [6.07, 6.45) is 2.22. The van der Waals surface area contributed by atoms with Gasteiger partial charge >= 0.3 is 0 Å². The molecule has 1 amide bonds. The van der Waals surface area contributed by atoms with Gasteiger partial charge in [0, 0.05) is 12.2 Å². The van der Waals surface area contributed by atoms with Crippen molar-refractivity contribution < 1.29 is 14.3 Å². The SMILES string of the molecule is COc1ccc(-c2nnc(SCC(N)=O)n2C[C@@H]2CCCO2)cc1. The van der Waals surface area contributed by atoms with Crippen LogP contribution in [0.3, 0.4) is 0 Å². The van der Waals surface area contributed by atoms with E-state index in [2.05, 4.69) is 10.2 Å². The minimum Gasteiger partial charge on any atom is -0.497 e. The number of carbonyl (C=O) groups excluding carboxylic acids is 1. The van der Waals surface area contributed by atoms with Gasteiger partial charge in [-0.25, -0.2) is 0 Å². The maximum atomic E-state index is 11.1. The molecule has 1 fully saturated rings. The number of nitrogens with zero attached hydrogens (tertiary/aromatic N) is 3. The standard InChI is InChI=1S/C16H20N4O3S/c1-22-12-6-4-11(5-7-12)15-18-19-16(24-10-14(17)21)20(15)9-13-3-2-8-23-13/h4-7,13H,2-3,8-10H2,1H3,(H2,17,21)/t13-/m0/s1. The Kier molecular flexibility index (Phi) is 5.37. The number of primary amides is 1. The summed E-state index contributed by atoms with van der Waals surface area (Å²) in [5.74, 6) is 1.33. The van der Waals surface area contributed by atoms with E-state index in [0.717, 1.165) is 36.6 Å². The van der Waals surface area contributed by atoms with Crippen molar-refractivity contribution in [1.82, 2.24) is 14.8 Å². The lowest BCUT2D eigenvalue weighted by Gasteiger charge is -2.14. The largest absolute Gasteiger partial charge is 0.497 e. The fourth-order valence-electron chi connectivity index (χ4n) is 2.64. The van der Waals surface area contributed by atoms with Gasteiger partial charge in [-0.1, -0.05) is 11.8 Å². The van der Waals surface area contributed by atoms with E-state index in [9.17, 15) is 4.79 Å². The number of nitrogens with two attached hydrogens (primary N) is 1. The Morgan fingerprint density at radius 3 is 2.83 bits per heavy atom. The quantitative estimate of drug-likeness (QED) is 0.766. The molecule has 24 heavy (non-hydrogen) atoms. The van der Waals surface area contributed by atoms with Crippen LogP contribution in [0.5, 0.6) is 5.75 Å². The second-order valence-corrected chi connectivity index (χ2v) is 6.48. The van der Waals surface area contributed by atoms with Crippen LogP contribution in [0.2, 0.25) is 0 Å². The second kappa shape index (κ2) is 7.67. The number of aromatic nitrogens is 3. The summed E-state index contributed by atoms with van der Waals surface area (Å²) in [4.78, 5) is 11.1. The van der Waals surface area contributed by atoms with E-state index in [1.54, 1.807) is 7.11 Å². The number of methoxy groups -OCH3 is 1. The van der Waals surface area contributed by atoms with Crippen LogP contribution in [0.1, 0.15) is 12.8 Å². The number of ether oxygens (including phenoxy) is 2. The van der Waals surface area contributed by atoms with Gasteiger partial charge in [-0.15, -0.1) is 10.2 Å². The van der Waals surface area contributed by atoms with Crippen LogP contribution >= 0.6 is 11.8 Å². The van der Waals surface area contributed by atoms with E-state index in [1.807, 2.05) is 28.8 Å². The predicted molar refractivity (Wildman–Crippen MR) is 90.9 cm³/mol. The highest BCUT2D eigenvalue weighted by molar-refractivity contribution is 7.99. The fraction of sp³-hybridized carbons (Fsp3) is 0.438. The molecule has 1 saturated heterocycles. The van der Waals surface area contributed by atoms with Crippen LogP contribution < -0.4 is 10.5 Å². The van der Waals surface area contributed by atoms with Gasteiger partial charge in [-0.2, -0.15) is 0 Å². The molecule has 0 saturated carbocycles. The molecule has 1 aromatic heterocycles. The summed E-state index contributed by atoms with van der Waals surface area (Å²) in [6.45, 7) is 1.45. The zero-order chi connectivity index (χ0) is 16.9. The molecule has 0 unspecified atom stereocenters. The number of thioether (sulfide) groups is 1. The maximum Gasteiger partial charge on any atom is 0.227 e. The van der Waals surface area contributed by atoms with Crippen molar-refractivity contribution >= 4 is 17.7 Å². The molecule has 7 nitrogen and oxygen atoms in total. The highest BCUT2D eigenvalue weighted by Crippen LogP contribution is 2.27. The summed E-state index contributed by atoms with van der Waals surface area (Å²) in [5.41, 5.74) is 6.19. The van der Waals surface area contributed by atoms with Gasteiger partial charge in [0.05, 0.1) is 25.5 Å². The van der Waals surface area contributed by atoms with Gasteiger partial charge in [0.15, 0.2) is 11.0 Å². The van der Waals surface area contributed by atoms with E-state index in [-0.39, 0.29) is 17.8 Å². The van der Waals surface area contributed by atoms with Crippen LogP contribution in [-0.4, -0.2) is 46.2 Å². The lowest BCUT2D eigenvalue weighted by Crippen LogP contribution is -2.18. The van der Waals surface area contributed by atoms with E-state index < -0.39 is 0 Å². The van der Waals surface area contributed by atoms with Crippen molar-refractivity contribution in [1.29, 1.82) is 0 Å². The molecule has 2 N–H and O–H groups in total. The molecule has 0 spiro atoms. The van der Waals surface area contributed by atoms with Gasteiger partial charge in [-0.3, -0.25) is 9.36 Å². The molecule has 0 radical (unpaired) electrons. The van der Waals surface area contributed by atoms with Crippen molar-refractivity contribution in [2.24, 2.45) is 5.73 Å². The number of rotatable bonds is 7. The van der Waals surface area contributed by atoms with Crippen molar-refractivity contribution in [3.05, 3.63) is 24.3 Å². The molecule has 1 aromatic carbocycles. The molecule has 128 valence electrons. The summed E-state index contributed by atoms with van der Waals surface area (Å²) < 4.78 is 12.9. The third-order valence-electron chi connectivity index (χ3n) is 3.82. The van der Waals surface area contributed by atoms with Gasteiger partial charge in [0.1, 0.15) is 5.75 Å². The number of hydrogen-bond donors (Lipinski definition) is 1. The van der Waals surface area contributed by atoms with Crippen LogP contribution in [-0.2, 0) is 16.1 Å². The molecule has 2 heterocycles. The lowest BCUT2D eigenvalue weighted by molar-refractivity contribution is -0.115. The second-order valence-electron chi connectivity index (χ2n) is 5.54.